The van der Waals surface area contributed by atoms with Gasteiger partial charge in [0.15, 0.2) is 6.61 Å². The van der Waals surface area contributed by atoms with Crippen molar-refractivity contribution in [3.05, 3.63) is 63.5 Å². The molecule has 186 valence electrons. The molecule has 0 spiro atoms. The highest BCUT2D eigenvalue weighted by atomic mass is 35.5. The van der Waals surface area contributed by atoms with Crippen LogP contribution in [0.2, 0.25) is 5.02 Å². The zero-order valence-electron chi connectivity index (χ0n) is 19.3. The van der Waals surface area contributed by atoms with Gasteiger partial charge in [-0.2, -0.15) is 5.26 Å². The summed E-state index contributed by atoms with van der Waals surface area (Å²) in [5.41, 5.74) is 1.02. The van der Waals surface area contributed by atoms with Gasteiger partial charge < -0.3 is 14.8 Å². The number of thioether (sulfide) groups is 1. The van der Waals surface area contributed by atoms with Crippen molar-refractivity contribution in [3.8, 4) is 11.8 Å². The number of carbonyl (C=O) groups is 4. The zero-order chi connectivity index (χ0) is 26.1. The standard InChI is InChI=1S/C25H22ClN3O6S/c1-2-3-11-35-24(32)19-14-17(6-9-20(19)26)28-22(30)15-29-23(31)21(36-25(29)33)13-16-4-7-18(8-5-16)34-12-10-27/h4-9,13-14H,2-3,11-12,15H2,1H3,(H,28,30)/b21-13-. The molecule has 0 saturated carbocycles. The summed E-state index contributed by atoms with van der Waals surface area (Å²) in [6.45, 7) is 1.65. The van der Waals surface area contributed by atoms with E-state index in [1.165, 1.54) is 24.3 Å². The lowest BCUT2D eigenvalue weighted by atomic mass is 10.2. The molecular formula is C25H22ClN3O6S. The maximum absolute atomic E-state index is 12.7. The number of rotatable bonds is 10. The van der Waals surface area contributed by atoms with Crippen LogP contribution >= 0.6 is 23.4 Å². The van der Waals surface area contributed by atoms with Gasteiger partial charge in [-0.3, -0.25) is 19.3 Å². The van der Waals surface area contributed by atoms with Crippen molar-refractivity contribution in [2.45, 2.75) is 19.8 Å². The second kappa shape index (κ2) is 12.8. The van der Waals surface area contributed by atoms with E-state index < -0.39 is 29.6 Å². The Kier molecular flexibility index (Phi) is 9.50. The molecule has 1 heterocycles. The van der Waals surface area contributed by atoms with Gasteiger partial charge in [-0.05, 0) is 60.2 Å². The van der Waals surface area contributed by atoms with E-state index in [2.05, 4.69) is 5.32 Å². The molecule has 0 bridgehead atoms. The lowest BCUT2D eigenvalue weighted by molar-refractivity contribution is -0.127. The van der Waals surface area contributed by atoms with Gasteiger partial charge in [-0.15, -0.1) is 0 Å². The molecule has 0 unspecified atom stereocenters. The number of halogens is 1. The first-order valence-electron chi connectivity index (χ1n) is 10.9. The number of esters is 1. The minimum absolute atomic E-state index is 0.0827. The van der Waals surface area contributed by atoms with Crippen molar-refractivity contribution in [3.63, 3.8) is 0 Å². The Morgan fingerprint density at radius 2 is 1.94 bits per heavy atom. The molecular weight excluding hydrogens is 506 g/mol. The van der Waals surface area contributed by atoms with E-state index in [9.17, 15) is 19.2 Å². The lowest BCUT2D eigenvalue weighted by Gasteiger charge is -2.13. The predicted octanol–water partition coefficient (Wildman–Crippen LogP) is 4.87. The molecule has 9 nitrogen and oxygen atoms in total. The first kappa shape index (κ1) is 26.8. The van der Waals surface area contributed by atoms with E-state index in [1.54, 1.807) is 24.3 Å². The van der Waals surface area contributed by atoms with E-state index in [0.717, 1.165) is 23.1 Å². The van der Waals surface area contributed by atoms with Gasteiger partial charge in [0.1, 0.15) is 18.4 Å². The van der Waals surface area contributed by atoms with Crippen molar-refractivity contribution in [2.24, 2.45) is 0 Å². The van der Waals surface area contributed by atoms with Crippen LogP contribution in [-0.2, 0) is 14.3 Å². The fourth-order valence-electron chi connectivity index (χ4n) is 3.05. The molecule has 2 aromatic rings. The fraction of sp³-hybridized carbons (Fsp3) is 0.240. The molecule has 36 heavy (non-hydrogen) atoms. The Morgan fingerprint density at radius 1 is 1.19 bits per heavy atom. The summed E-state index contributed by atoms with van der Waals surface area (Å²) < 4.78 is 10.4. The Morgan fingerprint density at radius 3 is 2.64 bits per heavy atom. The number of unbranched alkanes of at least 4 members (excludes halogenated alkanes) is 1. The Hall–Kier alpha value is -3.81. The topological polar surface area (TPSA) is 126 Å². The van der Waals surface area contributed by atoms with E-state index in [0.29, 0.717) is 17.7 Å². The molecule has 3 amide bonds. The van der Waals surface area contributed by atoms with E-state index in [4.69, 9.17) is 26.3 Å². The maximum Gasteiger partial charge on any atom is 0.339 e. The van der Waals surface area contributed by atoms with Gasteiger partial charge >= 0.3 is 5.97 Å². The van der Waals surface area contributed by atoms with Crippen molar-refractivity contribution < 1.29 is 28.7 Å². The van der Waals surface area contributed by atoms with Crippen LogP contribution < -0.4 is 10.1 Å². The summed E-state index contributed by atoms with van der Waals surface area (Å²) in [6.07, 6.45) is 3.12. The van der Waals surface area contributed by atoms with Crippen LogP contribution in [0.3, 0.4) is 0 Å². The number of hydrogen-bond acceptors (Lipinski definition) is 8. The fourth-order valence-corrected chi connectivity index (χ4v) is 4.09. The number of anilines is 1. The first-order valence-corrected chi connectivity index (χ1v) is 12.1. The largest absolute Gasteiger partial charge is 0.479 e. The maximum atomic E-state index is 12.7. The highest BCUT2D eigenvalue weighted by Crippen LogP contribution is 2.32. The number of nitrogens with zero attached hydrogens (tertiary/aromatic N) is 2. The Labute approximate surface area is 217 Å². The molecule has 0 aromatic heterocycles. The van der Waals surface area contributed by atoms with Crippen molar-refractivity contribution in [2.75, 3.05) is 25.1 Å². The average Bonchev–Trinajstić information content (AvgIpc) is 3.12. The van der Waals surface area contributed by atoms with Crippen LogP contribution in [0.15, 0.2) is 47.4 Å². The number of carbonyl (C=O) groups excluding carboxylic acids is 4. The summed E-state index contributed by atoms with van der Waals surface area (Å²) in [4.78, 5) is 50.9. The molecule has 3 rings (SSSR count). The van der Waals surface area contributed by atoms with Gasteiger partial charge in [-0.1, -0.05) is 37.1 Å². The van der Waals surface area contributed by atoms with Crippen LogP contribution in [-0.4, -0.2) is 47.7 Å². The quantitative estimate of drug-likeness (QED) is 0.263. The van der Waals surface area contributed by atoms with Crippen molar-refractivity contribution in [1.29, 1.82) is 5.26 Å². The predicted molar refractivity (Wildman–Crippen MR) is 135 cm³/mol. The van der Waals surface area contributed by atoms with Gasteiger partial charge in [0.25, 0.3) is 11.1 Å². The molecule has 1 aliphatic heterocycles. The molecule has 0 aliphatic carbocycles. The highest BCUT2D eigenvalue weighted by molar-refractivity contribution is 8.18. The number of imide groups is 1. The minimum Gasteiger partial charge on any atom is -0.479 e. The monoisotopic (exact) mass is 527 g/mol. The summed E-state index contributed by atoms with van der Waals surface area (Å²) >= 11 is 6.82. The molecule has 1 fully saturated rings. The number of benzene rings is 2. The van der Waals surface area contributed by atoms with E-state index >= 15 is 0 Å². The van der Waals surface area contributed by atoms with Gasteiger partial charge in [0.2, 0.25) is 5.91 Å². The molecule has 0 atom stereocenters. The van der Waals surface area contributed by atoms with Crippen LogP contribution in [0.25, 0.3) is 6.08 Å². The molecule has 2 aromatic carbocycles. The molecule has 1 N–H and O–H groups in total. The third-order valence-electron chi connectivity index (χ3n) is 4.86. The smallest absolute Gasteiger partial charge is 0.339 e. The Bertz CT molecular complexity index is 1240. The molecule has 0 radical (unpaired) electrons. The first-order chi connectivity index (χ1) is 17.3. The number of hydrogen-bond donors (Lipinski definition) is 1. The zero-order valence-corrected chi connectivity index (χ0v) is 20.9. The summed E-state index contributed by atoms with van der Waals surface area (Å²) in [6, 6.07) is 12.8. The SMILES string of the molecule is CCCCOC(=O)c1cc(NC(=O)CN2C(=O)S/C(=C\c3ccc(OCC#N)cc3)C2=O)ccc1Cl. The average molecular weight is 528 g/mol. The van der Waals surface area contributed by atoms with E-state index in [1.807, 2.05) is 13.0 Å². The summed E-state index contributed by atoms with van der Waals surface area (Å²) in [5, 5.41) is 10.7. The molecule has 1 saturated heterocycles. The Balaban J connectivity index is 1.63. The molecule has 1 aliphatic rings. The highest BCUT2D eigenvalue weighted by Gasteiger charge is 2.36. The third kappa shape index (κ3) is 7.10. The van der Waals surface area contributed by atoms with Gasteiger partial charge in [-0.25, -0.2) is 4.79 Å². The summed E-state index contributed by atoms with van der Waals surface area (Å²) in [5.74, 6) is -1.32. The number of nitrogens with one attached hydrogen (secondary N) is 1. The van der Waals surface area contributed by atoms with Crippen LogP contribution in [0, 0.1) is 11.3 Å². The van der Waals surface area contributed by atoms with Crippen molar-refractivity contribution in [1.82, 2.24) is 4.90 Å². The number of amides is 3. The van der Waals surface area contributed by atoms with Crippen molar-refractivity contribution >= 4 is 58.1 Å². The summed E-state index contributed by atoms with van der Waals surface area (Å²) in [7, 11) is 0. The van der Waals surface area contributed by atoms with Gasteiger partial charge in [0.05, 0.1) is 22.1 Å². The second-order valence-corrected chi connectivity index (χ2v) is 8.92. The molecule has 11 heteroatoms. The van der Waals surface area contributed by atoms with Crippen LogP contribution in [0.5, 0.6) is 5.75 Å². The number of ether oxygens (including phenoxy) is 2. The third-order valence-corrected chi connectivity index (χ3v) is 6.09. The van der Waals surface area contributed by atoms with Crippen LogP contribution in [0.1, 0.15) is 35.7 Å². The normalized spacial score (nSPS) is 14.0. The lowest BCUT2D eigenvalue weighted by Crippen LogP contribution is -2.36. The second-order valence-electron chi connectivity index (χ2n) is 7.52. The van der Waals surface area contributed by atoms with Crippen LogP contribution in [0.4, 0.5) is 10.5 Å². The minimum atomic E-state index is -0.620. The van der Waals surface area contributed by atoms with Gasteiger partial charge in [0, 0.05) is 5.69 Å². The number of nitriles is 1. The van der Waals surface area contributed by atoms with E-state index in [-0.39, 0.29) is 34.4 Å².